The van der Waals surface area contributed by atoms with Gasteiger partial charge < -0.3 is 11.1 Å². The number of nitrogens with two attached hydrogens (primary N) is 1. The van der Waals surface area contributed by atoms with E-state index in [0.717, 1.165) is 19.3 Å². The zero-order chi connectivity index (χ0) is 10.8. The van der Waals surface area contributed by atoms with Gasteiger partial charge >= 0.3 is 0 Å². The van der Waals surface area contributed by atoms with E-state index in [-0.39, 0.29) is 6.04 Å². The van der Waals surface area contributed by atoms with Crippen molar-refractivity contribution < 1.29 is 9.18 Å². The van der Waals surface area contributed by atoms with Crippen LogP contribution < -0.4 is 11.1 Å². The molecule has 1 aliphatic rings. The number of halogens is 1. The Labute approximate surface area is 84.2 Å². The van der Waals surface area contributed by atoms with E-state index in [1.165, 1.54) is 13.8 Å². The van der Waals surface area contributed by atoms with Gasteiger partial charge in [0.1, 0.15) is 0 Å². The number of alkyl halides is 1. The molecule has 2 unspecified atom stereocenters. The van der Waals surface area contributed by atoms with Gasteiger partial charge in [0.2, 0.25) is 0 Å². The Morgan fingerprint density at radius 3 is 2.64 bits per heavy atom. The predicted octanol–water partition coefficient (Wildman–Crippen LogP) is 0.978. The lowest BCUT2D eigenvalue weighted by atomic mass is 10.1. The number of amides is 1. The van der Waals surface area contributed by atoms with Gasteiger partial charge in [-0.1, -0.05) is 0 Å². The van der Waals surface area contributed by atoms with Crippen LogP contribution in [-0.2, 0) is 4.79 Å². The average Bonchev–Trinajstić information content (AvgIpc) is 2.45. The summed E-state index contributed by atoms with van der Waals surface area (Å²) >= 11 is 0. The van der Waals surface area contributed by atoms with E-state index >= 15 is 0 Å². The minimum atomic E-state index is -1.78. The Morgan fingerprint density at radius 1 is 1.57 bits per heavy atom. The number of rotatable bonds is 3. The number of nitrogens with one attached hydrogen (secondary N) is 1. The van der Waals surface area contributed by atoms with Gasteiger partial charge in [-0.15, -0.1) is 0 Å². The SMILES string of the molecule is CC(C)(F)C(=O)NCC1CCC(N)C1. The fourth-order valence-electron chi connectivity index (χ4n) is 1.75. The van der Waals surface area contributed by atoms with Gasteiger partial charge in [0, 0.05) is 12.6 Å². The van der Waals surface area contributed by atoms with Gasteiger partial charge in [-0.05, 0) is 39.0 Å². The van der Waals surface area contributed by atoms with Gasteiger partial charge in [0.25, 0.3) is 5.91 Å². The van der Waals surface area contributed by atoms with Gasteiger partial charge in [0.05, 0.1) is 0 Å². The number of hydrogen-bond acceptors (Lipinski definition) is 2. The maximum Gasteiger partial charge on any atom is 0.257 e. The fourth-order valence-corrected chi connectivity index (χ4v) is 1.75. The van der Waals surface area contributed by atoms with Crippen molar-refractivity contribution in [1.29, 1.82) is 0 Å². The molecule has 0 heterocycles. The maximum atomic E-state index is 13.1. The lowest BCUT2D eigenvalue weighted by molar-refractivity contribution is -0.130. The minimum Gasteiger partial charge on any atom is -0.353 e. The second kappa shape index (κ2) is 4.26. The molecule has 1 fully saturated rings. The Kier molecular flexibility index (Phi) is 3.48. The topological polar surface area (TPSA) is 55.1 Å². The molecule has 0 aromatic carbocycles. The lowest BCUT2D eigenvalue weighted by Gasteiger charge is -2.16. The van der Waals surface area contributed by atoms with Crippen molar-refractivity contribution in [3.05, 3.63) is 0 Å². The summed E-state index contributed by atoms with van der Waals surface area (Å²) in [6.07, 6.45) is 2.99. The van der Waals surface area contributed by atoms with Crippen LogP contribution in [0.15, 0.2) is 0 Å². The highest BCUT2D eigenvalue weighted by Gasteiger charge is 2.28. The summed E-state index contributed by atoms with van der Waals surface area (Å²) in [6.45, 7) is 3.09. The summed E-state index contributed by atoms with van der Waals surface area (Å²) in [5, 5.41) is 2.62. The van der Waals surface area contributed by atoms with Crippen LogP contribution in [-0.4, -0.2) is 24.2 Å². The van der Waals surface area contributed by atoms with Gasteiger partial charge in [0.15, 0.2) is 5.67 Å². The van der Waals surface area contributed by atoms with Gasteiger partial charge in [-0.3, -0.25) is 4.79 Å². The summed E-state index contributed by atoms with van der Waals surface area (Å²) in [7, 11) is 0. The van der Waals surface area contributed by atoms with Crippen LogP contribution in [0.5, 0.6) is 0 Å². The van der Waals surface area contributed by atoms with Crippen molar-refractivity contribution in [2.75, 3.05) is 6.54 Å². The molecule has 1 aliphatic carbocycles. The molecule has 2 atom stereocenters. The van der Waals surface area contributed by atoms with Crippen molar-refractivity contribution in [2.45, 2.75) is 44.8 Å². The summed E-state index contributed by atoms with van der Waals surface area (Å²) in [4.78, 5) is 11.2. The molecule has 0 radical (unpaired) electrons. The van der Waals surface area contributed by atoms with E-state index in [9.17, 15) is 9.18 Å². The predicted molar refractivity (Wildman–Crippen MR) is 53.5 cm³/mol. The van der Waals surface area contributed by atoms with Crippen LogP contribution in [0.1, 0.15) is 33.1 Å². The average molecular weight is 202 g/mol. The second-order valence-corrected chi connectivity index (χ2v) is 4.62. The molecule has 1 rings (SSSR count). The molecule has 0 aromatic rings. The van der Waals surface area contributed by atoms with E-state index in [1.807, 2.05) is 0 Å². The van der Waals surface area contributed by atoms with Crippen molar-refractivity contribution >= 4 is 5.91 Å². The molecule has 0 bridgehead atoms. The summed E-state index contributed by atoms with van der Waals surface area (Å²) in [5.41, 5.74) is 3.95. The van der Waals surface area contributed by atoms with Crippen LogP contribution in [0, 0.1) is 5.92 Å². The van der Waals surface area contributed by atoms with Crippen molar-refractivity contribution in [1.82, 2.24) is 5.32 Å². The Balaban J connectivity index is 2.24. The number of carbonyl (C=O) groups excluding carboxylic acids is 1. The molecule has 0 saturated heterocycles. The number of hydrogen-bond donors (Lipinski definition) is 2. The molecule has 0 aromatic heterocycles. The smallest absolute Gasteiger partial charge is 0.257 e. The number of carbonyl (C=O) groups is 1. The molecule has 3 nitrogen and oxygen atoms in total. The van der Waals surface area contributed by atoms with E-state index < -0.39 is 11.6 Å². The third-order valence-electron chi connectivity index (χ3n) is 2.67. The molecule has 3 N–H and O–H groups in total. The molecule has 14 heavy (non-hydrogen) atoms. The van der Waals surface area contributed by atoms with Crippen molar-refractivity contribution in [3.63, 3.8) is 0 Å². The van der Waals surface area contributed by atoms with Gasteiger partial charge in [-0.2, -0.15) is 0 Å². The normalized spacial score (nSPS) is 27.7. The minimum absolute atomic E-state index is 0.260. The molecule has 0 spiro atoms. The molecule has 1 amide bonds. The van der Waals surface area contributed by atoms with Crippen LogP contribution in [0.25, 0.3) is 0 Å². The molecule has 82 valence electrons. The summed E-state index contributed by atoms with van der Waals surface area (Å²) < 4.78 is 13.1. The third-order valence-corrected chi connectivity index (χ3v) is 2.67. The Morgan fingerprint density at radius 2 is 2.21 bits per heavy atom. The quantitative estimate of drug-likeness (QED) is 0.716. The second-order valence-electron chi connectivity index (χ2n) is 4.62. The Hall–Kier alpha value is -0.640. The van der Waals surface area contributed by atoms with Gasteiger partial charge in [-0.25, -0.2) is 4.39 Å². The molecule has 0 aliphatic heterocycles. The zero-order valence-corrected chi connectivity index (χ0v) is 8.85. The lowest BCUT2D eigenvalue weighted by Crippen LogP contribution is -2.40. The molecule has 4 heteroatoms. The highest BCUT2D eigenvalue weighted by molar-refractivity contribution is 5.84. The Bertz CT molecular complexity index is 213. The first-order valence-electron chi connectivity index (χ1n) is 5.12. The van der Waals surface area contributed by atoms with E-state index in [4.69, 9.17) is 5.73 Å². The largest absolute Gasteiger partial charge is 0.353 e. The molecule has 1 saturated carbocycles. The van der Waals surface area contributed by atoms with E-state index in [0.29, 0.717) is 12.5 Å². The monoisotopic (exact) mass is 202 g/mol. The molecular weight excluding hydrogens is 183 g/mol. The van der Waals surface area contributed by atoms with Crippen molar-refractivity contribution in [3.8, 4) is 0 Å². The van der Waals surface area contributed by atoms with Crippen molar-refractivity contribution in [2.24, 2.45) is 11.7 Å². The first-order chi connectivity index (χ1) is 6.39. The molecular formula is C10H19FN2O. The van der Waals surface area contributed by atoms with Crippen LogP contribution >= 0.6 is 0 Å². The summed E-state index contributed by atoms with van der Waals surface area (Å²) in [6, 6.07) is 0.260. The highest BCUT2D eigenvalue weighted by Crippen LogP contribution is 2.23. The highest BCUT2D eigenvalue weighted by atomic mass is 19.1. The standard InChI is InChI=1S/C10H19FN2O/c1-10(2,11)9(14)13-6-7-3-4-8(12)5-7/h7-8H,3-6,12H2,1-2H3,(H,13,14). The first-order valence-corrected chi connectivity index (χ1v) is 5.12. The van der Waals surface area contributed by atoms with E-state index in [2.05, 4.69) is 5.32 Å². The fraction of sp³-hybridized carbons (Fsp3) is 0.900. The third kappa shape index (κ3) is 3.25. The zero-order valence-electron chi connectivity index (χ0n) is 8.85. The van der Waals surface area contributed by atoms with Crippen LogP contribution in [0.2, 0.25) is 0 Å². The van der Waals surface area contributed by atoms with Crippen LogP contribution in [0.3, 0.4) is 0 Å². The first kappa shape index (κ1) is 11.4. The van der Waals surface area contributed by atoms with Crippen LogP contribution in [0.4, 0.5) is 4.39 Å². The summed E-state index contributed by atoms with van der Waals surface area (Å²) in [5.74, 6) is -0.103. The van der Waals surface area contributed by atoms with E-state index in [1.54, 1.807) is 0 Å². The maximum absolute atomic E-state index is 13.1.